The number of nitrogens with one attached hydrogen (secondary N) is 1. The van der Waals surface area contributed by atoms with E-state index in [1.165, 1.54) is 17.1 Å². The van der Waals surface area contributed by atoms with Gasteiger partial charge in [-0.15, -0.1) is 0 Å². The summed E-state index contributed by atoms with van der Waals surface area (Å²) in [5.74, 6) is 0.257. The third-order valence-electron chi connectivity index (χ3n) is 4.09. The van der Waals surface area contributed by atoms with E-state index in [-0.39, 0.29) is 12.5 Å². The second-order valence-corrected chi connectivity index (χ2v) is 7.39. The summed E-state index contributed by atoms with van der Waals surface area (Å²) in [4.78, 5) is 2.21. The van der Waals surface area contributed by atoms with Crippen LogP contribution in [-0.4, -0.2) is 68.6 Å². The van der Waals surface area contributed by atoms with Gasteiger partial charge in [0.2, 0.25) is 0 Å². The second kappa shape index (κ2) is 6.49. The van der Waals surface area contributed by atoms with Crippen molar-refractivity contribution in [3.8, 4) is 0 Å². The average molecular weight is 291 g/mol. The molecule has 1 heterocycles. The molecule has 0 radical (unpaired) electrons. The van der Waals surface area contributed by atoms with Gasteiger partial charge in [-0.2, -0.15) is 12.7 Å². The number of hydrogen-bond donors (Lipinski definition) is 2. The van der Waals surface area contributed by atoms with Gasteiger partial charge in [0, 0.05) is 38.8 Å². The quantitative estimate of drug-likeness (QED) is 0.671. The first-order valence-electron chi connectivity index (χ1n) is 7.09. The minimum Gasteiger partial charge on any atom is -0.396 e. The highest BCUT2D eigenvalue weighted by molar-refractivity contribution is 7.87. The molecule has 1 saturated heterocycles. The van der Waals surface area contributed by atoms with Crippen LogP contribution in [0.15, 0.2) is 0 Å². The lowest BCUT2D eigenvalue weighted by molar-refractivity contribution is 0.169. The Bertz CT molecular complexity index is 376. The van der Waals surface area contributed by atoms with E-state index in [0.29, 0.717) is 25.7 Å². The lowest BCUT2D eigenvalue weighted by atomic mass is 10.00. The van der Waals surface area contributed by atoms with Gasteiger partial charge in [-0.3, -0.25) is 0 Å². The van der Waals surface area contributed by atoms with Crippen LogP contribution in [0.2, 0.25) is 0 Å². The van der Waals surface area contributed by atoms with Crippen molar-refractivity contribution in [2.45, 2.75) is 31.7 Å². The normalized spacial score (nSPS) is 23.1. The zero-order valence-corrected chi connectivity index (χ0v) is 12.4. The topological polar surface area (TPSA) is 72.9 Å². The molecular formula is C12H25N3O3S. The van der Waals surface area contributed by atoms with Crippen molar-refractivity contribution in [2.75, 3.05) is 39.8 Å². The summed E-state index contributed by atoms with van der Waals surface area (Å²) in [7, 11) is -1.30. The van der Waals surface area contributed by atoms with Crippen LogP contribution in [0.3, 0.4) is 0 Å². The number of aliphatic hydroxyl groups is 1. The van der Waals surface area contributed by atoms with Crippen LogP contribution in [0, 0.1) is 5.92 Å². The highest BCUT2D eigenvalue weighted by Gasteiger charge is 2.28. The predicted molar refractivity (Wildman–Crippen MR) is 74.0 cm³/mol. The zero-order valence-electron chi connectivity index (χ0n) is 11.6. The molecule has 0 atom stereocenters. The van der Waals surface area contributed by atoms with Gasteiger partial charge in [0.1, 0.15) is 0 Å². The van der Waals surface area contributed by atoms with E-state index in [4.69, 9.17) is 5.11 Å². The smallest absolute Gasteiger partial charge is 0.279 e. The van der Waals surface area contributed by atoms with Gasteiger partial charge in [-0.05, 0) is 38.6 Å². The van der Waals surface area contributed by atoms with E-state index in [1.807, 2.05) is 7.05 Å². The van der Waals surface area contributed by atoms with Crippen LogP contribution >= 0.6 is 0 Å². The molecule has 112 valence electrons. The lowest BCUT2D eigenvalue weighted by Crippen LogP contribution is -2.47. The van der Waals surface area contributed by atoms with E-state index in [0.717, 1.165) is 19.4 Å². The summed E-state index contributed by atoms with van der Waals surface area (Å²) < 4.78 is 28.3. The van der Waals surface area contributed by atoms with Crippen molar-refractivity contribution in [1.29, 1.82) is 0 Å². The van der Waals surface area contributed by atoms with E-state index >= 15 is 0 Å². The molecule has 6 nitrogen and oxygen atoms in total. The molecular weight excluding hydrogens is 266 g/mol. The molecule has 0 unspecified atom stereocenters. The predicted octanol–water partition coefficient (Wildman–Crippen LogP) is -0.381. The largest absolute Gasteiger partial charge is 0.396 e. The Balaban J connectivity index is 1.72. The molecule has 0 aromatic heterocycles. The zero-order chi connectivity index (χ0) is 13.9. The van der Waals surface area contributed by atoms with Gasteiger partial charge in [0.05, 0.1) is 0 Å². The Labute approximate surface area is 116 Å². The summed E-state index contributed by atoms with van der Waals surface area (Å²) in [6.45, 7) is 2.41. The summed E-state index contributed by atoms with van der Waals surface area (Å²) in [6.07, 6.45) is 3.97. The summed E-state index contributed by atoms with van der Waals surface area (Å²) >= 11 is 0. The minimum absolute atomic E-state index is 0.160. The van der Waals surface area contributed by atoms with Crippen molar-refractivity contribution in [1.82, 2.24) is 13.9 Å². The Morgan fingerprint density at radius 2 is 1.89 bits per heavy atom. The molecule has 7 heteroatoms. The van der Waals surface area contributed by atoms with E-state index < -0.39 is 10.2 Å². The van der Waals surface area contributed by atoms with Crippen LogP contribution < -0.4 is 4.72 Å². The molecule has 1 aliphatic carbocycles. The lowest BCUT2D eigenvalue weighted by Gasteiger charge is -2.30. The van der Waals surface area contributed by atoms with Crippen molar-refractivity contribution in [2.24, 2.45) is 5.92 Å². The Kier molecular flexibility index (Phi) is 5.19. The molecule has 0 spiro atoms. The maximum atomic E-state index is 12.1. The average Bonchev–Trinajstić information content (AvgIpc) is 3.23. The molecule has 19 heavy (non-hydrogen) atoms. The monoisotopic (exact) mass is 291 g/mol. The van der Waals surface area contributed by atoms with Crippen molar-refractivity contribution >= 4 is 10.2 Å². The van der Waals surface area contributed by atoms with E-state index in [9.17, 15) is 8.42 Å². The van der Waals surface area contributed by atoms with Gasteiger partial charge >= 0.3 is 0 Å². The number of nitrogens with zero attached hydrogens (tertiary/aromatic N) is 2. The van der Waals surface area contributed by atoms with Crippen LogP contribution in [0.4, 0.5) is 0 Å². The SMILES string of the molecule is CN(CCNS(=O)(=O)N1CCC(CO)CC1)C1CC1. The number of aliphatic hydroxyl groups excluding tert-OH is 1. The first-order chi connectivity index (χ1) is 9.03. The summed E-state index contributed by atoms with van der Waals surface area (Å²) in [6, 6.07) is 0.657. The third-order valence-corrected chi connectivity index (χ3v) is 5.70. The van der Waals surface area contributed by atoms with Crippen LogP contribution in [0.1, 0.15) is 25.7 Å². The fraction of sp³-hybridized carbons (Fsp3) is 1.00. The van der Waals surface area contributed by atoms with Gasteiger partial charge in [-0.1, -0.05) is 0 Å². The first kappa shape index (κ1) is 15.2. The highest BCUT2D eigenvalue weighted by atomic mass is 32.2. The number of piperidine rings is 1. The number of likely N-dealkylation sites (N-methyl/N-ethyl adjacent to an activating group) is 1. The molecule has 0 aromatic carbocycles. The fourth-order valence-corrected chi connectivity index (χ4v) is 3.70. The molecule has 0 amide bonds. The summed E-state index contributed by atoms with van der Waals surface area (Å²) in [5, 5.41) is 9.05. The van der Waals surface area contributed by atoms with Crippen molar-refractivity contribution < 1.29 is 13.5 Å². The molecule has 1 saturated carbocycles. The standard InChI is InChI=1S/C12H25N3O3S/c1-14(12-2-3-12)9-6-13-19(17,18)15-7-4-11(10-16)5-8-15/h11-13,16H,2-10H2,1H3. The van der Waals surface area contributed by atoms with Crippen molar-refractivity contribution in [3.63, 3.8) is 0 Å². The molecule has 2 aliphatic rings. The number of rotatable bonds is 7. The molecule has 2 rings (SSSR count). The maximum Gasteiger partial charge on any atom is 0.279 e. The van der Waals surface area contributed by atoms with Gasteiger partial charge < -0.3 is 10.0 Å². The first-order valence-corrected chi connectivity index (χ1v) is 8.53. The number of hydrogen-bond acceptors (Lipinski definition) is 4. The second-order valence-electron chi connectivity index (χ2n) is 5.64. The molecule has 0 bridgehead atoms. The maximum absolute atomic E-state index is 12.1. The molecule has 2 N–H and O–H groups in total. The molecule has 0 aromatic rings. The third kappa shape index (κ3) is 4.39. The molecule has 1 aliphatic heterocycles. The minimum atomic E-state index is -3.34. The fourth-order valence-electron chi connectivity index (χ4n) is 2.47. The van der Waals surface area contributed by atoms with Gasteiger partial charge in [0.25, 0.3) is 10.2 Å². The van der Waals surface area contributed by atoms with Crippen LogP contribution in [-0.2, 0) is 10.2 Å². The Hall–Kier alpha value is -0.210. The van der Waals surface area contributed by atoms with Gasteiger partial charge in [0.15, 0.2) is 0 Å². The van der Waals surface area contributed by atoms with Crippen LogP contribution in [0.5, 0.6) is 0 Å². The Morgan fingerprint density at radius 3 is 2.42 bits per heavy atom. The van der Waals surface area contributed by atoms with Crippen molar-refractivity contribution in [3.05, 3.63) is 0 Å². The van der Waals surface area contributed by atoms with E-state index in [2.05, 4.69) is 9.62 Å². The molecule has 2 fully saturated rings. The van der Waals surface area contributed by atoms with Crippen LogP contribution in [0.25, 0.3) is 0 Å². The Morgan fingerprint density at radius 1 is 1.26 bits per heavy atom. The van der Waals surface area contributed by atoms with Gasteiger partial charge in [-0.25, -0.2) is 4.72 Å². The van der Waals surface area contributed by atoms with E-state index in [1.54, 1.807) is 0 Å². The highest BCUT2D eigenvalue weighted by Crippen LogP contribution is 2.24. The summed E-state index contributed by atoms with van der Waals surface area (Å²) in [5.41, 5.74) is 0.